The third-order valence-corrected chi connectivity index (χ3v) is 2.15. The van der Waals surface area contributed by atoms with Crippen LogP contribution in [0, 0.1) is 0 Å². The molecule has 2 nitrogen and oxygen atoms in total. The maximum absolute atomic E-state index is 4.09. The van der Waals surface area contributed by atoms with Crippen LogP contribution in [0.2, 0.25) is 0 Å². The van der Waals surface area contributed by atoms with Gasteiger partial charge in [-0.25, -0.2) is 4.99 Å². The molecule has 2 heterocycles. The first-order valence-corrected chi connectivity index (χ1v) is 3.50. The van der Waals surface area contributed by atoms with Crippen LogP contribution < -0.4 is 0 Å². The van der Waals surface area contributed by atoms with E-state index in [0.717, 1.165) is 4.48 Å². The Morgan fingerprint density at radius 1 is 1.22 bits per heavy atom. The predicted octanol–water partition coefficient (Wildman–Crippen LogP) is 1.11. The van der Waals surface area contributed by atoms with E-state index in [4.69, 9.17) is 0 Å². The Morgan fingerprint density at radius 2 is 2.00 bits per heavy atom. The molecule has 48 valence electrons. The largest absolute Gasteiger partial charge is 0.254 e. The van der Waals surface area contributed by atoms with Crippen molar-refractivity contribution in [2.24, 2.45) is 4.99 Å². The molecule has 0 bridgehead atoms. The number of hydrogen-bond donors (Lipinski definition) is 0. The summed E-state index contributed by atoms with van der Waals surface area (Å²) in [6.07, 6.45) is 8.86. The van der Waals surface area contributed by atoms with Crippen molar-refractivity contribution in [3.8, 4) is 0 Å². The van der Waals surface area contributed by atoms with E-state index in [1.54, 1.807) is 0 Å². The highest BCUT2D eigenvalue weighted by Gasteiger charge is 2.29. The van der Waals surface area contributed by atoms with Crippen LogP contribution in [0.15, 0.2) is 17.4 Å². The molecule has 9 heavy (non-hydrogen) atoms. The Labute approximate surface area is 55.1 Å². The highest BCUT2D eigenvalue weighted by molar-refractivity contribution is 5.51. The van der Waals surface area contributed by atoms with Gasteiger partial charge in [0.25, 0.3) is 0 Å². The summed E-state index contributed by atoms with van der Waals surface area (Å²) in [4.78, 5) is 4.09. The molecule has 0 aromatic heterocycles. The Morgan fingerprint density at radius 3 is 2.56 bits per heavy atom. The van der Waals surface area contributed by atoms with Gasteiger partial charge in [0, 0.05) is 12.8 Å². The van der Waals surface area contributed by atoms with Crippen LogP contribution >= 0.6 is 0 Å². The summed E-state index contributed by atoms with van der Waals surface area (Å²) in [7, 11) is 0. The highest BCUT2D eigenvalue weighted by Crippen LogP contribution is 2.20. The molecule has 0 N–H and O–H groups in total. The lowest BCUT2D eigenvalue weighted by atomic mass is 10.4. The van der Waals surface area contributed by atoms with E-state index >= 15 is 0 Å². The molecule has 1 saturated heterocycles. The third-order valence-electron chi connectivity index (χ3n) is 2.15. The molecule has 2 rings (SSSR count). The van der Waals surface area contributed by atoms with Crippen molar-refractivity contribution in [3.05, 3.63) is 12.4 Å². The van der Waals surface area contributed by atoms with Gasteiger partial charge in [0.2, 0.25) is 0 Å². The number of quaternary nitrogens is 1. The van der Waals surface area contributed by atoms with Crippen molar-refractivity contribution in [2.75, 3.05) is 13.1 Å². The minimum Gasteiger partial charge on any atom is -0.254 e. The van der Waals surface area contributed by atoms with Crippen molar-refractivity contribution in [2.45, 2.75) is 12.8 Å². The normalized spacial score (nSPS) is 28.4. The van der Waals surface area contributed by atoms with E-state index < -0.39 is 0 Å². The molecule has 2 heteroatoms. The maximum Gasteiger partial charge on any atom is 0.194 e. The molecule has 2 aliphatic heterocycles. The van der Waals surface area contributed by atoms with Crippen LogP contribution in [0.3, 0.4) is 0 Å². The SMILES string of the molecule is C1=C[N+]2(C=N1)CCCC2. The second-order valence-electron chi connectivity index (χ2n) is 2.82. The van der Waals surface area contributed by atoms with Crippen LogP contribution in [0.25, 0.3) is 0 Å². The minimum atomic E-state index is 1.03. The second-order valence-corrected chi connectivity index (χ2v) is 2.82. The van der Waals surface area contributed by atoms with Gasteiger partial charge in [0.05, 0.1) is 19.3 Å². The summed E-state index contributed by atoms with van der Waals surface area (Å²) in [6.45, 7) is 2.53. The first-order chi connectivity index (χ1) is 4.41. The Kier molecular flexibility index (Phi) is 0.963. The molecule has 0 aromatic rings. The molecule has 0 aromatic carbocycles. The maximum atomic E-state index is 4.09. The lowest BCUT2D eigenvalue weighted by Gasteiger charge is -2.19. The van der Waals surface area contributed by atoms with E-state index in [2.05, 4.69) is 11.2 Å². The van der Waals surface area contributed by atoms with Gasteiger partial charge in [-0.3, -0.25) is 4.48 Å². The smallest absolute Gasteiger partial charge is 0.194 e. The van der Waals surface area contributed by atoms with Gasteiger partial charge in [0.15, 0.2) is 6.34 Å². The predicted molar refractivity (Wildman–Crippen MR) is 36.9 cm³/mol. The summed E-state index contributed by atoms with van der Waals surface area (Å²) in [6, 6.07) is 0. The third kappa shape index (κ3) is 0.704. The fraction of sp³-hybridized carbons (Fsp3) is 0.571. The van der Waals surface area contributed by atoms with Crippen molar-refractivity contribution in [1.29, 1.82) is 0 Å². The number of hydrogen-bond acceptors (Lipinski definition) is 1. The fourth-order valence-corrected chi connectivity index (χ4v) is 1.57. The van der Waals surface area contributed by atoms with Crippen molar-refractivity contribution in [3.63, 3.8) is 0 Å². The van der Waals surface area contributed by atoms with E-state index in [9.17, 15) is 0 Å². The van der Waals surface area contributed by atoms with Crippen LogP contribution in [0.4, 0.5) is 0 Å². The zero-order chi connectivity index (χ0) is 6.16. The molecule has 0 atom stereocenters. The molecule has 0 radical (unpaired) electrons. The number of rotatable bonds is 0. The summed E-state index contributed by atoms with van der Waals surface area (Å²) in [5.74, 6) is 0. The molecule has 0 unspecified atom stereocenters. The minimum absolute atomic E-state index is 1.03. The van der Waals surface area contributed by atoms with Gasteiger partial charge < -0.3 is 0 Å². The van der Waals surface area contributed by atoms with Crippen LogP contribution in [-0.4, -0.2) is 23.9 Å². The summed E-state index contributed by atoms with van der Waals surface area (Å²) in [5, 5.41) is 0. The van der Waals surface area contributed by atoms with Gasteiger partial charge >= 0.3 is 0 Å². The second kappa shape index (κ2) is 1.67. The number of nitrogens with zero attached hydrogens (tertiary/aromatic N) is 2. The Bertz CT molecular complexity index is 150. The lowest BCUT2D eigenvalue weighted by Crippen LogP contribution is -2.35. The summed E-state index contributed by atoms with van der Waals surface area (Å²) >= 11 is 0. The van der Waals surface area contributed by atoms with Gasteiger partial charge in [-0.1, -0.05) is 0 Å². The lowest BCUT2D eigenvalue weighted by molar-refractivity contribution is -0.764. The van der Waals surface area contributed by atoms with Crippen LogP contribution in [0.5, 0.6) is 0 Å². The molecule has 0 amide bonds. The quantitative estimate of drug-likeness (QED) is 0.428. The van der Waals surface area contributed by atoms with Gasteiger partial charge in [0.1, 0.15) is 6.20 Å². The van der Waals surface area contributed by atoms with Gasteiger partial charge in [-0.15, -0.1) is 0 Å². The van der Waals surface area contributed by atoms with Crippen LogP contribution in [-0.2, 0) is 0 Å². The topological polar surface area (TPSA) is 12.4 Å². The zero-order valence-corrected chi connectivity index (χ0v) is 5.45. The Hall–Kier alpha value is -0.630. The van der Waals surface area contributed by atoms with E-state index in [1.165, 1.54) is 25.9 Å². The van der Waals surface area contributed by atoms with Gasteiger partial charge in [-0.05, 0) is 0 Å². The van der Waals surface area contributed by atoms with E-state index in [0.29, 0.717) is 0 Å². The fourth-order valence-electron chi connectivity index (χ4n) is 1.57. The van der Waals surface area contributed by atoms with Crippen molar-refractivity contribution in [1.82, 2.24) is 0 Å². The molecular formula is C7H11N2+. The first kappa shape index (κ1) is 5.18. The molecule has 1 fully saturated rings. The van der Waals surface area contributed by atoms with Gasteiger partial charge in [-0.2, -0.15) is 0 Å². The molecular weight excluding hydrogens is 112 g/mol. The molecule has 2 aliphatic rings. The summed E-state index contributed by atoms with van der Waals surface area (Å²) in [5.41, 5.74) is 0. The highest BCUT2D eigenvalue weighted by atomic mass is 15.4. The van der Waals surface area contributed by atoms with Crippen molar-refractivity contribution < 1.29 is 4.48 Å². The average molecular weight is 123 g/mol. The number of aliphatic imine (C=N–C) groups is 1. The standard InChI is InChI=1S/C7H11N2/c1-2-5-9(4-1)6-3-8-7-9/h3,6-7H,1-2,4-5H2/q+1. The monoisotopic (exact) mass is 123 g/mol. The van der Waals surface area contributed by atoms with E-state index in [1.807, 2.05) is 12.5 Å². The molecule has 1 spiro atoms. The molecule has 0 aliphatic carbocycles. The van der Waals surface area contributed by atoms with Crippen LogP contribution in [0.1, 0.15) is 12.8 Å². The zero-order valence-electron chi connectivity index (χ0n) is 5.45. The first-order valence-electron chi connectivity index (χ1n) is 3.50. The average Bonchev–Trinajstić information content (AvgIpc) is 2.45. The molecule has 0 saturated carbocycles. The Balaban J connectivity index is 2.23. The summed E-state index contributed by atoms with van der Waals surface area (Å²) < 4.78 is 1.03. The van der Waals surface area contributed by atoms with Crippen molar-refractivity contribution >= 4 is 6.34 Å². The van der Waals surface area contributed by atoms with E-state index in [-0.39, 0.29) is 0 Å².